The summed E-state index contributed by atoms with van der Waals surface area (Å²) in [7, 11) is 1.36. The predicted octanol–water partition coefficient (Wildman–Crippen LogP) is 2.77. The Morgan fingerprint density at radius 3 is 2.86 bits per heavy atom. The molecule has 0 atom stereocenters. The van der Waals surface area contributed by atoms with Gasteiger partial charge in [-0.05, 0) is 17.2 Å². The van der Waals surface area contributed by atoms with Crippen molar-refractivity contribution in [1.82, 2.24) is 0 Å². The van der Waals surface area contributed by atoms with Crippen LogP contribution in [0.2, 0.25) is 0 Å². The van der Waals surface area contributed by atoms with E-state index < -0.39 is 0 Å². The molecule has 2 nitrogen and oxygen atoms in total. The SMILES string of the molecule is COC(=O)/C=C/c1ccccc1CBr. The van der Waals surface area contributed by atoms with Gasteiger partial charge in [0.1, 0.15) is 0 Å². The molecule has 0 aromatic heterocycles. The lowest BCUT2D eigenvalue weighted by Crippen LogP contribution is -1.93. The van der Waals surface area contributed by atoms with E-state index in [1.807, 2.05) is 24.3 Å². The molecule has 0 radical (unpaired) electrons. The molecular weight excluding hydrogens is 244 g/mol. The molecule has 0 heterocycles. The lowest BCUT2D eigenvalue weighted by Gasteiger charge is -2.00. The summed E-state index contributed by atoms with van der Waals surface area (Å²) in [5.41, 5.74) is 2.17. The second-order valence-corrected chi connectivity index (χ2v) is 3.25. The van der Waals surface area contributed by atoms with Crippen molar-refractivity contribution in [1.29, 1.82) is 0 Å². The molecule has 14 heavy (non-hydrogen) atoms. The van der Waals surface area contributed by atoms with Crippen molar-refractivity contribution >= 4 is 28.0 Å². The maximum atomic E-state index is 10.9. The summed E-state index contributed by atoms with van der Waals surface area (Å²) in [4.78, 5) is 10.9. The molecule has 0 aliphatic rings. The molecule has 0 aliphatic carbocycles. The Morgan fingerprint density at radius 2 is 2.21 bits per heavy atom. The Labute approximate surface area is 91.7 Å². The van der Waals surface area contributed by atoms with Crippen LogP contribution in [0.5, 0.6) is 0 Å². The highest BCUT2D eigenvalue weighted by molar-refractivity contribution is 9.08. The van der Waals surface area contributed by atoms with Crippen LogP contribution in [-0.4, -0.2) is 13.1 Å². The first-order valence-corrected chi connectivity index (χ1v) is 5.30. The number of alkyl halides is 1. The molecule has 0 aliphatic heterocycles. The van der Waals surface area contributed by atoms with Crippen molar-refractivity contribution in [3.63, 3.8) is 0 Å². The standard InChI is InChI=1S/C11H11BrO2/c1-14-11(13)7-6-9-4-2-3-5-10(9)8-12/h2-7H,8H2,1H3/b7-6+. The van der Waals surface area contributed by atoms with Crippen molar-refractivity contribution in [2.24, 2.45) is 0 Å². The van der Waals surface area contributed by atoms with Gasteiger partial charge in [0, 0.05) is 11.4 Å². The topological polar surface area (TPSA) is 26.3 Å². The number of ether oxygens (including phenoxy) is 1. The number of esters is 1. The minimum absolute atomic E-state index is 0.339. The lowest BCUT2D eigenvalue weighted by atomic mass is 10.1. The van der Waals surface area contributed by atoms with Crippen molar-refractivity contribution in [2.75, 3.05) is 7.11 Å². The molecule has 74 valence electrons. The predicted molar refractivity (Wildman–Crippen MR) is 60.1 cm³/mol. The number of halogens is 1. The fraction of sp³-hybridized carbons (Fsp3) is 0.182. The molecule has 0 bridgehead atoms. The van der Waals surface area contributed by atoms with E-state index >= 15 is 0 Å². The van der Waals surface area contributed by atoms with Gasteiger partial charge in [-0.2, -0.15) is 0 Å². The highest BCUT2D eigenvalue weighted by Gasteiger charge is 1.97. The Kier molecular flexibility index (Phi) is 4.40. The third kappa shape index (κ3) is 3.00. The lowest BCUT2D eigenvalue weighted by molar-refractivity contribution is -0.134. The van der Waals surface area contributed by atoms with Gasteiger partial charge >= 0.3 is 5.97 Å². The van der Waals surface area contributed by atoms with Crippen LogP contribution in [0.25, 0.3) is 6.08 Å². The van der Waals surface area contributed by atoms with Gasteiger partial charge in [-0.15, -0.1) is 0 Å². The van der Waals surface area contributed by atoms with Crippen LogP contribution >= 0.6 is 15.9 Å². The Bertz CT molecular complexity index is 345. The third-order valence-electron chi connectivity index (χ3n) is 1.80. The van der Waals surface area contributed by atoms with Gasteiger partial charge in [-0.1, -0.05) is 40.2 Å². The van der Waals surface area contributed by atoms with E-state index in [1.54, 1.807) is 6.08 Å². The van der Waals surface area contributed by atoms with Crippen molar-refractivity contribution in [2.45, 2.75) is 5.33 Å². The van der Waals surface area contributed by atoms with E-state index in [-0.39, 0.29) is 5.97 Å². The summed E-state index contributed by atoms with van der Waals surface area (Å²) in [6.07, 6.45) is 3.17. The normalized spacial score (nSPS) is 10.4. The number of methoxy groups -OCH3 is 1. The Balaban J connectivity index is 2.85. The fourth-order valence-corrected chi connectivity index (χ4v) is 1.55. The zero-order chi connectivity index (χ0) is 10.4. The molecule has 3 heteroatoms. The molecule has 0 fully saturated rings. The average molecular weight is 255 g/mol. The first kappa shape index (κ1) is 11.0. The van der Waals surface area contributed by atoms with Crippen LogP contribution < -0.4 is 0 Å². The zero-order valence-corrected chi connectivity index (χ0v) is 9.45. The maximum absolute atomic E-state index is 10.9. The average Bonchev–Trinajstić information content (AvgIpc) is 2.26. The van der Waals surface area contributed by atoms with Crippen molar-refractivity contribution in [3.8, 4) is 0 Å². The largest absolute Gasteiger partial charge is 0.466 e. The number of hydrogen-bond donors (Lipinski definition) is 0. The van der Waals surface area contributed by atoms with Crippen LogP contribution in [0, 0.1) is 0 Å². The van der Waals surface area contributed by atoms with Gasteiger partial charge in [0.2, 0.25) is 0 Å². The Morgan fingerprint density at radius 1 is 1.50 bits per heavy atom. The van der Waals surface area contributed by atoms with Crippen LogP contribution in [0.15, 0.2) is 30.3 Å². The summed E-state index contributed by atoms with van der Waals surface area (Å²) in [6.45, 7) is 0. The molecule has 0 spiro atoms. The molecule has 1 rings (SSSR count). The molecule has 1 aromatic rings. The first-order chi connectivity index (χ1) is 6.77. The first-order valence-electron chi connectivity index (χ1n) is 4.18. The quantitative estimate of drug-likeness (QED) is 0.471. The minimum atomic E-state index is -0.339. The van der Waals surface area contributed by atoms with Crippen LogP contribution in [0.3, 0.4) is 0 Å². The number of hydrogen-bond acceptors (Lipinski definition) is 2. The number of rotatable bonds is 3. The van der Waals surface area contributed by atoms with E-state index in [1.165, 1.54) is 13.2 Å². The number of carbonyl (C=O) groups excluding carboxylic acids is 1. The molecule has 0 saturated carbocycles. The molecule has 0 unspecified atom stereocenters. The molecule has 0 N–H and O–H groups in total. The number of benzene rings is 1. The van der Waals surface area contributed by atoms with Gasteiger partial charge < -0.3 is 4.74 Å². The summed E-state index contributed by atoms with van der Waals surface area (Å²) < 4.78 is 4.51. The van der Waals surface area contributed by atoms with Crippen LogP contribution in [0.1, 0.15) is 11.1 Å². The Hall–Kier alpha value is -1.09. The van der Waals surface area contributed by atoms with Gasteiger partial charge in [0.15, 0.2) is 0 Å². The zero-order valence-electron chi connectivity index (χ0n) is 7.87. The second kappa shape index (κ2) is 5.60. The van der Waals surface area contributed by atoms with Gasteiger partial charge in [0.25, 0.3) is 0 Å². The molecular formula is C11H11BrO2. The van der Waals surface area contributed by atoms with Gasteiger partial charge in [-0.25, -0.2) is 4.79 Å². The van der Waals surface area contributed by atoms with E-state index in [4.69, 9.17) is 0 Å². The van der Waals surface area contributed by atoms with Gasteiger partial charge in [0.05, 0.1) is 7.11 Å². The van der Waals surface area contributed by atoms with E-state index in [9.17, 15) is 4.79 Å². The fourth-order valence-electron chi connectivity index (χ4n) is 1.04. The smallest absolute Gasteiger partial charge is 0.330 e. The monoisotopic (exact) mass is 254 g/mol. The third-order valence-corrected chi connectivity index (χ3v) is 2.40. The molecule has 0 saturated heterocycles. The van der Waals surface area contributed by atoms with Crippen LogP contribution in [-0.2, 0) is 14.9 Å². The highest BCUT2D eigenvalue weighted by atomic mass is 79.9. The van der Waals surface area contributed by atoms with E-state index in [0.717, 1.165) is 16.5 Å². The molecule has 0 amide bonds. The summed E-state index contributed by atoms with van der Waals surface area (Å²) in [6, 6.07) is 7.86. The molecule has 1 aromatic carbocycles. The summed E-state index contributed by atoms with van der Waals surface area (Å²) in [5, 5.41) is 0.773. The maximum Gasteiger partial charge on any atom is 0.330 e. The summed E-state index contributed by atoms with van der Waals surface area (Å²) >= 11 is 3.38. The van der Waals surface area contributed by atoms with Crippen LogP contribution in [0.4, 0.5) is 0 Å². The van der Waals surface area contributed by atoms with Crippen molar-refractivity contribution < 1.29 is 9.53 Å². The summed E-state index contributed by atoms with van der Waals surface area (Å²) in [5.74, 6) is -0.339. The van der Waals surface area contributed by atoms with Crippen molar-refractivity contribution in [3.05, 3.63) is 41.5 Å². The highest BCUT2D eigenvalue weighted by Crippen LogP contribution is 2.13. The van der Waals surface area contributed by atoms with E-state index in [0.29, 0.717) is 0 Å². The second-order valence-electron chi connectivity index (χ2n) is 2.69. The minimum Gasteiger partial charge on any atom is -0.466 e. The van der Waals surface area contributed by atoms with E-state index in [2.05, 4.69) is 20.7 Å². The number of carbonyl (C=O) groups is 1. The van der Waals surface area contributed by atoms with Gasteiger partial charge in [-0.3, -0.25) is 0 Å².